The van der Waals surface area contributed by atoms with Crippen LogP contribution in [0.25, 0.3) is 0 Å². The molecule has 0 radical (unpaired) electrons. The molecular formula is C15H26N2. The van der Waals surface area contributed by atoms with Crippen molar-refractivity contribution in [3.63, 3.8) is 0 Å². The Balaban J connectivity index is 2.14. The molecule has 1 atom stereocenters. The minimum Gasteiger partial charge on any atom is -0.351 e. The van der Waals surface area contributed by atoms with Crippen molar-refractivity contribution in [1.82, 2.24) is 9.88 Å². The van der Waals surface area contributed by atoms with Gasteiger partial charge in [0.05, 0.1) is 0 Å². The molecule has 17 heavy (non-hydrogen) atoms. The average Bonchev–Trinajstić information content (AvgIpc) is 2.91. The van der Waals surface area contributed by atoms with Crippen molar-refractivity contribution < 1.29 is 0 Å². The number of hydrogen-bond donors (Lipinski definition) is 1. The zero-order chi connectivity index (χ0) is 12.3. The molecule has 1 saturated heterocycles. The van der Waals surface area contributed by atoms with Crippen molar-refractivity contribution in [2.75, 3.05) is 6.54 Å². The van der Waals surface area contributed by atoms with Gasteiger partial charge in [0.1, 0.15) is 0 Å². The monoisotopic (exact) mass is 234 g/mol. The van der Waals surface area contributed by atoms with Gasteiger partial charge in [-0.3, -0.25) is 0 Å². The van der Waals surface area contributed by atoms with Crippen LogP contribution in [0.4, 0.5) is 0 Å². The van der Waals surface area contributed by atoms with Crippen molar-refractivity contribution >= 4 is 0 Å². The van der Waals surface area contributed by atoms with Crippen LogP contribution in [-0.4, -0.2) is 16.7 Å². The quantitative estimate of drug-likeness (QED) is 0.827. The molecule has 2 rings (SSSR count). The molecule has 1 N–H and O–H groups in total. The van der Waals surface area contributed by atoms with Crippen LogP contribution in [0.15, 0.2) is 18.3 Å². The van der Waals surface area contributed by atoms with Crippen LogP contribution in [0.1, 0.15) is 45.7 Å². The highest BCUT2D eigenvalue weighted by atomic mass is 15.0. The SMILES string of the molecule is CCCn1cccc1CC1(C(C)C)CCCN1. The highest BCUT2D eigenvalue weighted by Gasteiger charge is 2.36. The van der Waals surface area contributed by atoms with E-state index in [0.717, 1.165) is 6.54 Å². The molecule has 0 aliphatic carbocycles. The maximum atomic E-state index is 3.76. The van der Waals surface area contributed by atoms with E-state index >= 15 is 0 Å². The summed E-state index contributed by atoms with van der Waals surface area (Å²) in [5, 5.41) is 3.76. The minimum absolute atomic E-state index is 0.337. The molecule has 0 spiro atoms. The summed E-state index contributed by atoms with van der Waals surface area (Å²) >= 11 is 0. The Morgan fingerprint density at radius 2 is 2.29 bits per heavy atom. The number of aromatic nitrogens is 1. The number of aryl methyl sites for hydroxylation is 1. The van der Waals surface area contributed by atoms with Crippen molar-refractivity contribution in [3.05, 3.63) is 24.0 Å². The topological polar surface area (TPSA) is 17.0 Å². The first kappa shape index (κ1) is 12.7. The van der Waals surface area contributed by atoms with Crippen molar-refractivity contribution in [2.45, 2.75) is 58.5 Å². The molecule has 96 valence electrons. The Kier molecular flexibility index (Phi) is 3.93. The van der Waals surface area contributed by atoms with Crippen LogP contribution in [0, 0.1) is 5.92 Å². The molecular weight excluding hydrogens is 208 g/mol. The van der Waals surface area contributed by atoms with E-state index < -0.39 is 0 Å². The maximum Gasteiger partial charge on any atom is 0.0259 e. The Labute approximate surface area is 105 Å². The fourth-order valence-corrected chi connectivity index (χ4v) is 3.07. The average molecular weight is 234 g/mol. The van der Waals surface area contributed by atoms with Crippen LogP contribution in [-0.2, 0) is 13.0 Å². The van der Waals surface area contributed by atoms with Gasteiger partial charge in [0.15, 0.2) is 0 Å². The number of hydrogen-bond acceptors (Lipinski definition) is 1. The molecule has 1 aliphatic heterocycles. The van der Waals surface area contributed by atoms with Gasteiger partial charge in [0.2, 0.25) is 0 Å². The first-order valence-electron chi connectivity index (χ1n) is 7.07. The van der Waals surface area contributed by atoms with Gasteiger partial charge in [-0.15, -0.1) is 0 Å². The molecule has 2 heteroatoms. The van der Waals surface area contributed by atoms with Crippen molar-refractivity contribution in [1.29, 1.82) is 0 Å². The van der Waals surface area contributed by atoms with E-state index in [1.807, 2.05) is 0 Å². The molecule has 1 fully saturated rings. The molecule has 0 bridgehead atoms. The summed E-state index contributed by atoms with van der Waals surface area (Å²) in [7, 11) is 0. The molecule has 1 aliphatic rings. The Morgan fingerprint density at radius 3 is 2.88 bits per heavy atom. The third-order valence-electron chi connectivity index (χ3n) is 4.27. The zero-order valence-corrected chi connectivity index (χ0v) is 11.5. The van der Waals surface area contributed by atoms with E-state index in [9.17, 15) is 0 Å². The third kappa shape index (κ3) is 2.57. The van der Waals surface area contributed by atoms with E-state index in [2.05, 4.69) is 49.0 Å². The second-order valence-corrected chi connectivity index (χ2v) is 5.71. The highest BCUT2D eigenvalue weighted by molar-refractivity contribution is 5.14. The predicted molar refractivity (Wildman–Crippen MR) is 73.2 cm³/mol. The molecule has 1 aromatic heterocycles. The summed E-state index contributed by atoms with van der Waals surface area (Å²) in [6.07, 6.45) is 7.26. The van der Waals surface area contributed by atoms with Gasteiger partial charge < -0.3 is 9.88 Å². The van der Waals surface area contributed by atoms with Gasteiger partial charge in [-0.25, -0.2) is 0 Å². The summed E-state index contributed by atoms with van der Waals surface area (Å²) in [4.78, 5) is 0. The minimum atomic E-state index is 0.337. The molecule has 2 nitrogen and oxygen atoms in total. The van der Waals surface area contributed by atoms with Gasteiger partial charge in [0, 0.05) is 30.4 Å². The summed E-state index contributed by atoms with van der Waals surface area (Å²) < 4.78 is 2.42. The lowest BCUT2D eigenvalue weighted by atomic mass is 9.81. The van der Waals surface area contributed by atoms with Crippen LogP contribution in [0.3, 0.4) is 0 Å². The molecule has 0 amide bonds. The Morgan fingerprint density at radius 1 is 1.47 bits per heavy atom. The van der Waals surface area contributed by atoms with Gasteiger partial charge in [-0.1, -0.05) is 20.8 Å². The lowest BCUT2D eigenvalue weighted by molar-refractivity contribution is 0.264. The van der Waals surface area contributed by atoms with E-state index in [4.69, 9.17) is 0 Å². The number of rotatable bonds is 5. The van der Waals surface area contributed by atoms with E-state index in [1.165, 1.54) is 37.9 Å². The summed E-state index contributed by atoms with van der Waals surface area (Å²) in [5.41, 5.74) is 1.83. The van der Waals surface area contributed by atoms with Crippen molar-refractivity contribution in [3.8, 4) is 0 Å². The predicted octanol–water partition coefficient (Wildman–Crippen LogP) is 3.22. The molecule has 1 unspecified atom stereocenters. The summed E-state index contributed by atoms with van der Waals surface area (Å²) in [6.45, 7) is 9.29. The summed E-state index contributed by atoms with van der Waals surface area (Å²) in [6, 6.07) is 4.48. The van der Waals surface area contributed by atoms with Crippen LogP contribution >= 0.6 is 0 Å². The molecule has 0 saturated carbocycles. The van der Waals surface area contributed by atoms with Crippen LogP contribution in [0.2, 0.25) is 0 Å². The Bertz CT molecular complexity index is 346. The maximum absolute atomic E-state index is 3.76. The fraction of sp³-hybridized carbons (Fsp3) is 0.733. The molecule has 2 heterocycles. The number of nitrogens with one attached hydrogen (secondary N) is 1. The standard InChI is InChI=1S/C15H26N2/c1-4-10-17-11-5-7-14(17)12-15(13(2)3)8-6-9-16-15/h5,7,11,13,16H,4,6,8-10,12H2,1-3H3. The van der Waals surface area contributed by atoms with E-state index in [-0.39, 0.29) is 0 Å². The van der Waals surface area contributed by atoms with Gasteiger partial charge in [-0.2, -0.15) is 0 Å². The normalized spacial score (nSPS) is 24.7. The highest BCUT2D eigenvalue weighted by Crippen LogP contribution is 2.31. The first-order valence-corrected chi connectivity index (χ1v) is 7.07. The smallest absolute Gasteiger partial charge is 0.0259 e. The lowest BCUT2D eigenvalue weighted by Gasteiger charge is -2.34. The second kappa shape index (κ2) is 5.26. The molecule has 0 aromatic carbocycles. The fourth-order valence-electron chi connectivity index (χ4n) is 3.07. The zero-order valence-electron chi connectivity index (χ0n) is 11.5. The summed E-state index contributed by atoms with van der Waals surface area (Å²) in [5.74, 6) is 0.704. The van der Waals surface area contributed by atoms with E-state index in [1.54, 1.807) is 0 Å². The first-order chi connectivity index (χ1) is 8.18. The largest absolute Gasteiger partial charge is 0.351 e. The second-order valence-electron chi connectivity index (χ2n) is 5.71. The lowest BCUT2D eigenvalue weighted by Crippen LogP contribution is -2.47. The van der Waals surface area contributed by atoms with E-state index in [0.29, 0.717) is 11.5 Å². The Hall–Kier alpha value is -0.760. The number of nitrogens with zero attached hydrogens (tertiary/aromatic N) is 1. The van der Waals surface area contributed by atoms with Crippen LogP contribution < -0.4 is 5.32 Å². The molecule has 1 aromatic rings. The van der Waals surface area contributed by atoms with Gasteiger partial charge in [-0.05, 0) is 43.9 Å². The third-order valence-corrected chi connectivity index (χ3v) is 4.27. The van der Waals surface area contributed by atoms with Gasteiger partial charge >= 0.3 is 0 Å². The van der Waals surface area contributed by atoms with Crippen LogP contribution in [0.5, 0.6) is 0 Å². The van der Waals surface area contributed by atoms with Gasteiger partial charge in [0.25, 0.3) is 0 Å². The van der Waals surface area contributed by atoms with Crippen molar-refractivity contribution in [2.24, 2.45) is 5.92 Å².